The molecular weight excluding hydrogens is 357 g/mol. The minimum absolute atomic E-state index is 0.230. The van der Waals surface area contributed by atoms with Crippen LogP contribution in [0.25, 0.3) is 11.3 Å². The number of benzene rings is 1. The van der Waals surface area contributed by atoms with Crippen LogP contribution in [0.2, 0.25) is 0 Å². The van der Waals surface area contributed by atoms with Gasteiger partial charge in [0.15, 0.2) is 0 Å². The molecule has 0 bridgehead atoms. The van der Waals surface area contributed by atoms with Crippen molar-refractivity contribution in [3.63, 3.8) is 0 Å². The van der Waals surface area contributed by atoms with Crippen molar-refractivity contribution >= 4 is 0 Å². The van der Waals surface area contributed by atoms with Crippen molar-refractivity contribution in [3.05, 3.63) is 48.0 Å². The molecule has 2 aliphatic rings. The summed E-state index contributed by atoms with van der Waals surface area (Å²) in [4.78, 5) is 7.25. The maximum Gasteiger partial charge on any atom is 0.137 e. The zero-order valence-corrected chi connectivity index (χ0v) is 16.6. The van der Waals surface area contributed by atoms with Gasteiger partial charge in [-0.25, -0.2) is 4.39 Å². The van der Waals surface area contributed by atoms with Crippen molar-refractivity contribution < 1.29 is 13.9 Å². The van der Waals surface area contributed by atoms with Gasteiger partial charge in [-0.15, -0.1) is 0 Å². The van der Waals surface area contributed by atoms with Crippen molar-refractivity contribution in [1.82, 2.24) is 14.7 Å². The number of furan rings is 1. The van der Waals surface area contributed by atoms with E-state index in [4.69, 9.17) is 4.42 Å². The molecule has 2 fully saturated rings. The summed E-state index contributed by atoms with van der Waals surface area (Å²) < 4.78 is 19.9. The molecule has 6 heteroatoms. The summed E-state index contributed by atoms with van der Waals surface area (Å²) in [5.74, 6) is 1.93. The van der Waals surface area contributed by atoms with E-state index in [-0.39, 0.29) is 12.4 Å². The third-order valence-electron chi connectivity index (χ3n) is 6.16. The van der Waals surface area contributed by atoms with E-state index in [1.807, 2.05) is 18.2 Å². The highest BCUT2D eigenvalue weighted by Gasteiger charge is 2.34. The quantitative estimate of drug-likeness (QED) is 0.824. The first-order chi connectivity index (χ1) is 13.6. The van der Waals surface area contributed by atoms with Gasteiger partial charge in [0.25, 0.3) is 0 Å². The number of aliphatic hydroxyl groups excluding tert-OH is 1. The van der Waals surface area contributed by atoms with Gasteiger partial charge in [0.1, 0.15) is 17.3 Å². The summed E-state index contributed by atoms with van der Waals surface area (Å²) in [6.07, 6.45) is 0. The lowest BCUT2D eigenvalue weighted by molar-refractivity contribution is 0.116. The maximum absolute atomic E-state index is 14.0. The summed E-state index contributed by atoms with van der Waals surface area (Å²) >= 11 is 0. The fourth-order valence-electron chi connectivity index (χ4n) is 4.43. The van der Waals surface area contributed by atoms with Gasteiger partial charge in [-0.05, 0) is 43.1 Å². The maximum atomic E-state index is 14.0. The third kappa shape index (κ3) is 4.46. The van der Waals surface area contributed by atoms with Crippen LogP contribution in [0.5, 0.6) is 0 Å². The second kappa shape index (κ2) is 8.74. The Bertz CT molecular complexity index is 773. The molecule has 0 amide bonds. The number of halogens is 1. The highest BCUT2D eigenvalue weighted by molar-refractivity contribution is 5.58. The van der Waals surface area contributed by atoms with Crippen molar-refractivity contribution in [1.29, 1.82) is 0 Å². The highest BCUT2D eigenvalue weighted by Crippen LogP contribution is 2.29. The second-order valence-electron chi connectivity index (χ2n) is 8.25. The van der Waals surface area contributed by atoms with E-state index in [0.29, 0.717) is 29.7 Å². The monoisotopic (exact) mass is 387 g/mol. The third-order valence-corrected chi connectivity index (χ3v) is 6.16. The summed E-state index contributed by atoms with van der Waals surface area (Å²) in [5, 5.41) is 9.86. The number of rotatable bonds is 6. The Morgan fingerprint density at radius 2 is 1.75 bits per heavy atom. The topological polar surface area (TPSA) is 43.1 Å². The molecule has 2 saturated heterocycles. The molecule has 3 heterocycles. The van der Waals surface area contributed by atoms with Crippen LogP contribution in [0.3, 0.4) is 0 Å². The second-order valence-corrected chi connectivity index (χ2v) is 8.25. The molecule has 5 nitrogen and oxygen atoms in total. The smallest absolute Gasteiger partial charge is 0.137 e. The minimum Gasteiger partial charge on any atom is -0.460 e. The van der Waals surface area contributed by atoms with E-state index in [1.165, 1.54) is 6.07 Å². The Labute approximate surface area is 166 Å². The van der Waals surface area contributed by atoms with Crippen LogP contribution in [-0.4, -0.2) is 79.3 Å². The Balaban J connectivity index is 1.36. The van der Waals surface area contributed by atoms with Gasteiger partial charge in [-0.1, -0.05) is 12.1 Å². The molecule has 0 aliphatic carbocycles. The molecule has 2 atom stereocenters. The van der Waals surface area contributed by atoms with Crippen LogP contribution in [-0.2, 0) is 6.54 Å². The van der Waals surface area contributed by atoms with Gasteiger partial charge in [0.2, 0.25) is 0 Å². The predicted octanol–water partition coefficient (Wildman–Crippen LogP) is 2.37. The van der Waals surface area contributed by atoms with Crippen LogP contribution in [0.4, 0.5) is 4.39 Å². The molecule has 0 unspecified atom stereocenters. The highest BCUT2D eigenvalue weighted by atomic mass is 19.1. The Morgan fingerprint density at radius 3 is 2.50 bits per heavy atom. The predicted molar refractivity (Wildman–Crippen MR) is 107 cm³/mol. The van der Waals surface area contributed by atoms with Crippen LogP contribution in [0, 0.1) is 17.7 Å². The molecule has 0 spiro atoms. The van der Waals surface area contributed by atoms with Crippen molar-refractivity contribution in [2.24, 2.45) is 11.8 Å². The molecule has 1 N–H and O–H groups in total. The molecule has 0 radical (unpaired) electrons. The molecule has 2 aromatic rings. The van der Waals surface area contributed by atoms with Crippen molar-refractivity contribution in [2.75, 3.05) is 59.5 Å². The molecule has 2 aliphatic heterocycles. The number of piperazine rings is 1. The van der Waals surface area contributed by atoms with Crippen LogP contribution >= 0.6 is 0 Å². The zero-order chi connectivity index (χ0) is 19.5. The Kier molecular flexibility index (Phi) is 6.11. The molecule has 0 saturated carbocycles. The summed E-state index contributed by atoms with van der Waals surface area (Å²) in [6.45, 7) is 8.27. The number of hydrogen-bond acceptors (Lipinski definition) is 5. The van der Waals surface area contributed by atoms with E-state index in [1.54, 1.807) is 12.1 Å². The first-order valence-electron chi connectivity index (χ1n) is 10.2. The fourth-order valence-corrected chi connectivity index (χ4v) is 4.43. The van der Waals surface area contributed by atoms with Crippen molar-refractivity contribution in [2.45, 2.75) is 6.54 Å². The van der Waals surface area contributed by atoms with E-state index in [0.717, 1.165) is 51.6 Å². The van der Waals surface area contributed by atoms with Gasteiger partial charge >= 0.3 is 0 Å². The summed E-state index contributed by atoms with van der Waals surface area (Å²) in [7, 11) is 2.17. The van der Waals surface area contributed by atoms with E-state index >= 15 is 0 Å². The lowest BCUT2D eigenvalue weighted by atomic mass is 9.96. The number of likely N-dealkylation sites (tertiary alicyclic amines) is 1. The van der Waals surface area contributed by atoms with Crippen LogP contribution in [0.1, 0.15) is 5.76 Å². The van der Waals surface area contributed by atoms with Crippen molar-refractivity contribution in [3.8, 4) is 11.3 Å². The molecule has 1 aromatic heterocycles. The molecule has 28 heavy (non-hydrogen) atoms. The largest absolute Gasteiger partial charge is 0.460 e. The van der Waals surface area contributed by atoms with Crippen LogP contribution < -0.4 is 0 Å². The lowest BCUT2D eigenvalue weighted by Gasteiger charge is -2.34. The molecule has 4 rings (SSSR count). The van der Waals surface area contributed by atoms with E-state index in [2.05, 4.69) is 21.7 Å². The fraction of sp³-hybridized carbons (Fsp3) is 0.545. The normalized spacial score (nSPS) is 24.8. The summed E-state index contributed by atoms with van der Waals surface area (Å²) in [5.41, 5.74) is 0.497. The van der Waals surface area contributed by atoms with Crippen LogP contribution in [0.15, 0.2) is 40.8 Å². The number of nitrogens with zero attached hydrogens (tertiary/aromatic N) is 3. The SMILES string of the molecule is CN1CCN(C[C@@H]2CN(Cc3ccc(-c4ccccc4F)o3)C[C@@H]2CO)CC1. The van der Waals surface area contributed by atoms with Gasteiger partial charge < -0.3 is 19.3 Å². The van der Waals surface area contributed by atoms with Gasteiger partial charge in [-0.3, -0.25) is 4.90 Å². The Hall–Kier alpha value is -1.73. The first kappa shape index (κ1) is 19.6. The standard InChI is InChI=1S/C22H30FN3O2/c1-24-8-10-25(11-9-24)12-17-13-26(14-18(17)16-27)15-19-6-7-22(28-19)20-4-2-3-5-21(20)23/h2-7,17-18,27H,8-16H2,1H3/t17-,18-/m1/s1. The van der Waals surface area contributed by atoms with Gasteiger partial charge in [0, 0.05) is 52.4 Å². The summed E-state index contributed by atoms with van der Waals surface area (Å²) in [6, 6.07) is 10.5. The first-order valence-corrected chi connectivity index (χ1v) is 10.2. The lowest BCUT2D eigenvalue weighted by Crippen LogP contribution is -2.47. The number of hydrogen-bond donors (Lipinski definition) is 1. The minimum atomic E-state index is -0.267. The number of likely N-dealkylation sites (N-methyl/N-ethyl adjacent to an activating group) is 1. The zero-order valence-electron chi connectivity index (χ0n) is 16.6. The molecule has 152 valence electrons. The molecule has 1 aromatic carbocycles. The van der Waals surface area contributed by atoms with Gasteiger partial charge in [0.05, 0.1) is 12.1 Å². The van der Waals surface area contributed by atoms with E-state index < -0.39 is 0 Å². The molecular formula is C22H30FN3O2. The van der Waals surface area contributed by atoms with Gasteiger partial charge in [-0.2, -0.15) is 0 Å². The number of aliphatic hydroxyl groups is 1. The Morgan fingerprint density at radius 1 is 1.00 bits per heavy atom. The average molecular weight is 387 g/mol. The average Bonchev–Trinajstić information content (AvgIpc) is 3.31. The van der Waals surface area contributed by atoms with E-state index in [9.17, 15) is 9.50 Å².